The molecule has 0 atom stereocenters. The van der Waals surface area contributed by atoms with Crippen molar-refractivity contribution in [3.8, 4) is 0 Å². The van der Waals surface area contributed by atoms with E-state index in [0.29, 0.717) is 24.0 Å². The molecule has 168 valence electrons. The number of benzene rings is 1. The van der Waals surface area contributed by atoms with Crippen molar-refractivity contribution >= 4 is 28.2 Å². The van der Waals surface area contributed by atoms with Gasteiger partial charge in [-0.25, -0.2) is 4.98 Å². The first-order chi connectivity index (χ1) is 16.6. The lowest BCUT2D eigenvalue weighted by atomic mass is 10.0. The molecular weight excluding hydrogens is 424 g/mol. The number of hydrogen-bond acceptors (Lipinski definition) is 5. The normalized spacial score (nSPS) is 12.2. The van der Waals surface area contributed by atoms with Crippen LogP contribution < -0.4 is 11.3 Å². The van der Waals surface area contributed by atoms with Crippen LogP contribution in [0.3, 0.4) is 0 Å². The SMILES string of the molecule is Cc1ccc2nc(Cn3ccc4c(C(C=NCc5ccccc5)=CN)cncc4c3=O)cn2c1. The number of aryl methyl sites for hydroxylation is 1. The molecule has 1 aromatic carbocycles. The number of allylic oxidation sites excluding steroid dienone is 1. The van der Waals surface area contributed by atoms with E-state index >= 15 is 0 Å². The maximum Gasteiger partial charge on any atom is 0.260 e. The van der Waals surface area contributed by atoms with E-state index in [0.717, 1.165) is 33.4 Å². The molecule has 4 aromatic heterocycles. The summed E-state index contributed by atoms with van der Waals surface area (Å²) in [6.45, 7) is 2.95. The summed E-state index contributed by atoms with van der Waals surface area (Å²) in [6, 6.07) is 15.9. The highest BCUT2D eigenvalue weighted by molar-refractivity contribution is 6.14. The quantitative estimate of drug-likeness (QED) is 0.398. The van der Waals surface area contributed by atoms with Gasteiger partial charge in [0.15, 0.2) is 0 Å². The molecule has 5 rings (SSSR count). The Labute approximate surface area is 196 Å². The Bertz CT molecular complexity index is 1590. The monoisotopic (exact) mass is 448 g/mol. The smallest absolute Gasteiger partial charge is 0.260 e. The maximum atomic E-state index is 13.3. The van der Waals surface area contributed by atoms with Crippen LogP contribution in [-0.4, -0.2) is 25.2 Å². The van der Waals surface area contributed by atoms with Crippen molar-refractivity contribution in [1.82, 2.24) is 18.9 Å². The van der Waals surface area contributed by atoms with Gasteiger partial charge in [-0.3, -0.25) is 14.8 Å². The number of aromatic nitrogens is 4. The Morgan fingerprint density at radius 2 is 1.91 bits per heavy atom. The van der Waals surface area contributed by atoms with Gasteiger partial charge in [0, 0.05) is 54.5 Å². The largest absolute Gasteiger partial charge is 0.404 e. The van der Waals surface area contributed by atoms with Crippen LogP contribution in [0.1, 0.15) is 22.4 Å². The summed E-state index contributed by atoms with van der Waals surface area (Å²) in [6.07, 6.45) is 12.3. The van der Waals surface area contributed by atoms with Gasteiger partial charge in [0.1, 0.15) is 5.65 Å². The maximum absolute atomic E-state index is 13.3. The van der Waals surface area contributed by atoms with Crippen LogP contribution >= 0.6 is 0 Å². The molecule has 2 N–H and O–H groups in total. The van der Waals surface area contributed by atoms with Crippen molar-refractivity contribution in [2.45, 2.75) is 20.0 Å². The molecule has 0 aliphatic carbocycles. The number of aliphatic imine (C=N–C) groups is 1. The molecule has 7 nitrogen and oxygen atoms in total. The van der Waals surface area contributed by atoms with Gasteiger partial charge >= 0.3 is 0 Å². The van der Waals surface area contributed by atoms with E-state index in [-0.39, 0.29) is 5.56 Å². The molecule has 0 fully saturated rings. The van der Waals surface area contributed by atoms with Crippen LogP contribution in [0.2, 0.25) is 0 Å². The predicted octanol–water partition coefficient (Wildman–Crippen LogP) is 3.97. The first kappa shape index (κ1) is 21.3. The van der Waals surface area contributed by atoms with Crippen molar-refractivity contribution in [1.29, 1.82) is 0 Å². The van der Waals surface area contributed by atoms with E-state index in [1.54, 1.807) is 29.4 Å². The second-order valence-electron chi connectivity index (χ2n) is 8.18. The van der Waals surface area contributed by atoms with Gasteiger partial charge in [-0.1, -0.05) is 36.4 Å². The summed E-state index contributed by atoms with van der Waals surface area (Å²) in [5.74, 6) is 0. The molecule has 7 heteroatoms. The fourth-order valence-corrected chi connectivity index (χ4v) is 4.00. The topological polar surface area (TPSA) is 90.6 Å². The molecule has 0 aliphatic rings. The molecule has 0 amide bonds. The first-order valence-corrected chi connectivity index (χ1v) is 11.0. The minimum atomic E-state index is -0.127. The van der Waals surface area contributed by atoms with Crippen LogP contribution in [-0.2, 0) is 13.1 Å². The Hall–Kier alpha value is -4.52. The molecule has 0 saturated heterocycles. The lowest BCUT2D eigenvalue weighted by molar-refractivity contribution is 0.752. The summed E-state index contributed by atoms with van der Waals surface area (Å²) in [5, 5.41) is 1.31. The highest BCUT2D eigenvalue weighted by Crippen LogP contribution is 2.21. The summed E-state index contributed by atoms with van der Waals surface area (Å²) in [4.78, 5) is 26.7. The van der Waals surface area contributed by atoms with E-state index in [1.165, 1.54) is 6.20 Å². The highest BCUT2D eigenvalue weighted by atomic mass is 16.1. The van der Waals surface area contributed by atoms with Crippen molar-refractivity contribution < 1.29 is 0 Å². The molecular formula is C27H24N6O. The lowest BCUT2D eigenvalue weighted by Crippen LogP contribution is -2.20. The Balaban J connectivity index is 1.45. The average molecular weight is 449 g/mol. The predicted molar refractivity (Wildman–Crippen MR) is 136 cm³/mol. The number of fused-ring (bicyclic) bond motifs is 2. The zero-order chi connectivity index (χ0) is 23.5. The summed E-state index contributed by atoms with van der Waals surface area (Å²) >= 11 is 0. The Kier molecular flexibility index (Phi) is 5.74. The van der Waals surface area contributed by atoms with E-state index in [4.69, 9.17) is 5.73 Å². The lowest BCUT2D eigenvalue weighted by Gasteiger charge is -2.09. The Morgan fingerprint density at radius 3 is 2.74 bits per heavy atom. The number of imidazole rings is 1. The third kappa shape index (κ3) is 4.23. The van der Waals surface area contributed by atoms with Crippen LogP contribution in [0, 0.1) is 6.92 Å². The number of nitrogens with zero attached hydrogens (tertiary/aromatic N) is 5. The zero-order valence-electron chi connectivity index (χ0n) is 18.8. The van der Waals surface area contributed by atoms with E-state index in [9.17, 15) is 4.79 Å². The van der Waals surface area contributed by atoms with Gasteiger partial charge in [-0.05, 0) is 35.6 Å². The van der Waals surface area contributed by atoms with Gasteiger partial charge in [0.2, 0.25) is 0 Å². The van der Waals surface area contributed by atoms with E-state index in [2.05, 4.69) is 15.0 Å². The molecule has 0 spiro atoms. The van der Waals surface area contributed by atoms with Gasteiger partial charge in [0.05, 0.1) is 24.2 Å². The van der Waals surface area contributed by atoms with Gasteiger partial charge in [0.25, 0.3) is 5.56 Å². The van der Waals surface area contributed by atoms with E-state index < -0.39 is 0 Å². The van der Waals surface area contributed by atoms with Crippen molar-refractivity contribution in [3.05, 3.63) is 118 Å². The van der Waals surface area contributed by atoms with Crippen molar-refractivity contribution in [3.63, 3.8) is 0 Å². The fourth-order valence-electron chi connectivity index (χ4n) is 4.00. The van der Waals surface area contributed by atoms with Crippen LogP contribution in [0.5, 0.6) is 0 Å². The summed E-state index contributed by atoms with van der Waals surface area (Å²) in [7, 11) is 0. The highest BCUT2D eigenvalue weighted by Gasteiger charge is 2.11. The first-order valence-electron chi connectivity index (χ1n) is 11.0. The molecule has 5 aromatic rings. The summed E-state index contributed by atoms with van der Waals surface area (Å²) in [5.41, 5.74) is 11.2. The van der Waals surface area contributed by atoms with Gasteiger partial charge in [-0.15, -0.1) is 0 Å². The summed E-state index contributed by atoms with van der Waals surface area (Å²) < 4.78 is 3.63. The third-order valence-electron chi connectivity index (χ3n) is 5.72. The molecule has 34 heavy (non-hydrogen) atoms. The molecule has 4 heterocycles. The molecule has 0 unspecified atom stereocenters. The standard InChI is InChI=1S/C27H24N6O/c1-19-7-8-26-31-22(18-33(26)16-19)17-32-10-9-23-24(14-30-15-25(23)27(32)34)21(11-28)13-29-12-20-5-3-2-4-6-20/h2-11,13-16,18H,12,17,28H2,1H3. The number of nitrogens with two attached hydrogens (primary N) is 1. The number of pyridine rings is 3. The third-order valence-corrected chi connectivity index (χ3v) is 5.72. The second kappa shape index (κ2) is 9.15. The average Bonchev–Trinajstić information content (AvgIpc) is 3.25. The number of hydrogen-bond donors (Lipinski definition) is 1. The van der Waals surface area contributed by atoms with Crippen LogP contribution in [0.15, 0.2) is 95.5 Å². The van der Waals surface area contributed by atoms with Crippen LogP contribution in [0.25, 0.3) is 22.0 Å². The molecule has 0 saturated carbocycles. The van der Waals surface area contributed by atoms with Crippen molar-refractivity contribution in [2.75, 3.05) is 0 Å². The number of rotatable bonds is 6. The van der Waals surface area contributed by atoms with E-state index in [1.807, 2.05) is 72.2 Å². The molecule has 0 bridgehead atoms. The fraction of sp³-hybridized carbons (Fsp3) is 0.111. The Morgan fingerprint density at radius 1 is 1.06 bits per heavy atom. The zero-order valence-corrected chi connectivity index (χ0v) is 18.8. The molecule has 0 radical (unpaired) electrons. The molecule has 0 aliphatic heterocycles. The van der Waals surface area contributed by atoms with Crippen molar-refractivity contribution in [2.24, 2.45) is 10.7 Å². The minimum absolute atomic E-state index is 0.127. The second-order valence-corrected chi connectivity index (χ2v) is 8.18. The van der Waals surface area contributed by atoms with Gasteiger partial charge in [-0.2, -0.15) is 0 Å². The van der Waals surface area contributed by atoms with Gasteiger partial charge < -0.3 is 14.7 Å². The minimum Gasteiger partial charge on any atom is -0.404 e. The van der Waals surface area contributed by atoms with Crippen LogP contribution in [0.4, 0.5) is 0 Å².